The number of piperidine rings is 1. The molecule has 19 heavy (non-hydrogen) atoms. The third-order valence-electron chi connectivity index (χ3n) is 3.95. The van der Waals surface area contributed by atoms with Crippen molar-refractivity contribution in [2.45, 2.75) is 65.2 Å². The number of nitrogens with zero attached hydrogens (tertiary/aromatic N) is 1. The summed E-state index contributed by atoms with van der Waals surface area (Å²) in [6, 6.07) is 0. The topological polar surface area (TPSA) is 29.5 Å². The number of hydrogen-bond donors (Lipinski definition) is 0. The van der Waals surface area contributed by atoms with Crippen molar-refractivity contribution in [1.82, 2.24) is 4.90 Å². The van der Waals surface area contributed by atoms with Crippen LogP contribution in [0.15, 0.2) is 0 Å². The molecule has 3 nitrogen and oxygen atoms in total. The van der Waals surface area contributed by atoms with Crippen molar-refractivity contribution in [2.24, 2.45) is 5.92 Å². The van der Waals surface area contributed by atoms with Crippen molar-refractivity contribution in [3.8, 4) is 0 Å². The molecule has 0 bridgehead atoms. The molecular formula is C16H31NO2. The predicted octanol–water partition coefficient (Wildman–Crippen LogP) is 3.62. The monoisotopic (exact) mass is 269 g/mol. The zero-order chi connectivity index (χ0) is 13.9. The summed E-state index contributed by atoms with van der Waals surface area (Å²) in [6.45, 7) is 7.87. The van der Waals surface area contributed by atoms with Crippen molar-refractivity contribution >= 4 is 5.97 Å². The first-order chi connectivity index (χ1) is 9.27. The molecule has 0 aromatic heterocycles. The Morgan fingerprint density at radius 3 is 2.63 bits per heavy atom. The lowest BCUT2D eigenvalue weighted by Crippen LogP contribution is -2.39. The van der Waals surface area contributed by atoms with E-state index in [1.807, 2.05) is 6.92 Å². The molecule has 1 aliphatic heterocycles. The van der Waals surface area contributed by atoms with E-state index in [-0.39, 0.29) is 11.9 Å². The van der Waals surface area contributed by atoms with Crippen LogP contribution in [0.3, 0.4) is 0 Å². The molecule has 112 valence electrons. The number of likely N-dealkylation sites (tertiary alicyclic amines) is 1. The van der Waals surface area contributed by atoms with Crippen molar-refractivity contribution in [2.75, 3.05) is 26.2 Å². The molecule has 1 heterocycles. The maximum atomic E-state index is 11.7. The second-order valence-corrected chi connectivity index (χ2v) is 5.66. The predicted molar refractivity (Wildman–Crippen MR) is 79.2 cm³/mol. The minimum Gasteiger partial charge on any atom is -0.466 e. The Hall–Kier alpha value is -0.570. The molecule has 1 rings (SSSR count). The van der Waals surface area contributed by atoms with Crippen LogP contribution in [0, 0.1) is 5.92 Å². The van der Waals surface area contributed by atoms with E-state index in [4.69, 9.17) is 4.74 Å². The fourth-order valence-corrected chi connectivity index (χ4v) is 2.83. The standard InChI is InChI=1S/C16H31NO2/c1-3-5-6-7-8-9-12-17-13-10-11-15(14-17)16(18)19-4-2/h15H,3-14H2,1-2H3/t15-/m0/s1. The molecule has 1 atom stereocenters. The highest BCUT2D eigenvalue weighted by Gasteiger charge is 2.26. The Balaban J connectivity index is 2.11. The maximum absolute atomic E-state index is 11.7. The summed E-state index contributed by atoms with van der Waals surface area (Å²) in [5.41, 5.74) is 0. The van der Waals surface area contributed by atoms with Gasteiger partial charge in [-0.05, 0) is 39.3 Å². The molecule has 1 aliphatic rings. The van der Waals surface area contributed by atoms with Crippen LogP contribution < -0.4 is 0 Å². The van der Waals surface area contributed by atoms with E-state index in [9.17, 15) is 4.79 Å². The normalized spacial score (nSPS) is 20.4. The number of rotatable bonds is 9. The second-order valence-electron chi connectivity index (χ2n) is 5.66. The van der Waals surface area contributed by atoms with Gasteiger partial charge in [0.1, 0.15) is 0 Å². The van der Waals surface area contributed by atoms with Crippen LogP contribution in [0.1, 0.15) is 65.2 Å². The number of ether oxygens (including phenoxy) is 1. The minimum atomic E-state index is 0.00939. The first-order valence-electron chi connectivity index (χ1n) is 8.16. The Morgan fingerprint density at radius 2 is 1.89 bits per heavy atom. The third-order valence-corrected chi connectivity index (χ3v) is 3.95. The lowest BCUT2D eigenvalue weighted by molar-refractivity contribution is -0.149. The van der Waals surface area contributed by atoms with E-state index in [0.717, 1.165) is 32.5 Å². The molecule has 3 heteroatoms. The van der Waals surface area contributed by atoms with Gasteiger partial charge >= 0.3 is 5.97 Å². The quantitative estimate of drug-likeness (QED) is 0.473. The van der Waals surface area contributed by atoms with Crippen LogP contribution in [0.5, 0.6) is 0 Å². The molecule has 0 amide bonds. The fraction of sp³-hybridized carbons (Fsp3) is 0.938. The van der Waals surface area contributed by atoms with Crippen molar-refractivity contribution in [1.29, 1.82) is 0 Å². The van der Waals surface area contributed by atoms with Gasteiger partial charge in [0, 0.05) is 6.54 Å². The lowest BCUT2D eigenvalue weighted by Gasteiger charge is -2.31. The highest BCUT2D eigenvalue weighted by Crippen LogP contribution is 2.18. The summed E-state index contributed by atoms with van der Waals surface area (Å²) in [6.07, 6.45) is 10.2. The number of carbonyl (C=O) groups excluding carboxylic acids is 1. The molecule has 1 fully saturated rings. The van der Waals surface area contributed by atoms with E-state index in [0.29, 0.717) is 6.61 Å². The van der Waals surface area contributed by atoms with E-state index in [1.54, 1.807) is 0 Å². The van der Waals surface area contributed by atoms with Gasteiger partial charge in [0.2, 0.25) is 0 Å². The van der Waals surface area contributed by atoms with Gasteiger partial charge in [-0.15, -0.1) is 0 Å². The van der Waals surface area contributed by atoms with Gasteiger partial charge in [0.25, 0.3) is 0 Å². The fourth-order valence-electron chi connectivity index (χ4n) is 2.83. The van der Waals surface area contributed by atoms with Crippen LogP contribution in [0.2, 0.25) is 0 Å². The van der Waals surface area contributed by atoms with Gasteiger partial charge in [-0.1, -0.05) is 39.0 Å². The number of hydrogen-bond acceptors (Lipinski definition) is 3. The Morgan fingerprint density at radius 1 is 1.16 bits per heavy atom. The Labute approximate surface area is 118 Å². The molecular weight excluding hydrogens is 238 g/mol. The van der Waals surface area contributed by atoms with Gasteiger partial charge in [-0.3, -0.25) is 4.79 Å². The van der Waals surface area contributed by atoms with Crippen molar-refractivity contribution < 1.29 is 9.53 Å². The number of unbranched alkanes of at least 4 members (excludes halogenated alkanes) is 5. The lowest BCUT2D eigenvalue weighted by atomic mass is 9.98. The smallest absolute Gasteiger partial charge is 0.310 e. The van der Waals surface area contributed by atoms with Gasteiger partial charge in [0.15, 0.2) is 0 Å². The average molecular weight is 269 g/mol. The largest absolute Gasteiger partial charge is 0.466 e. The summed E-state index contributed by atoms with van der Waals surface area (Å²) in [5, 5.41) is 0. The first kappa shape index (κ1) is 16.5. The SMILES string of the molecule is CCCCCCCCN1CCC[C@H](C(=O)OCC)C1. The molecule has 0 unspecified atom stereocenters. The molecule has 0 aliphatic carbocycles. The van der Waals surface area contributed by atoms with Gasteiger partial charge in [-0.25, -0.2) is 0 Å². The molecule has 0 saturated carbocycles. The summed E-state index contributed by atoms with van der Waals surface area (Å²) in [4.78, 5) is 14.2. The van der Waals surface area contributed by atoms with E-state index in [2.05, 4.69) is 11.8 Å². The zero-order valence-corrected chi connectivity index (χ0v) is 12.8. The second kappa shape index (κ2) is 10.2. The minimum absolute atomic E-state index is 0.00939. The van der Waals surface area contributed by atoms with Gasteiger partial charge in [0.05, 0.1) is 12.5 Å². The van der Waals surface area contributed by atoms with Crippen LogP contribution in [-0.2, 0) is 9.53 Å². The highest BCUT2D eigenvalue weighted by atomic mass is 16.5. The molecule has 0 aromatic rings. The molecule has 0 spiro atoms. The van der Waals surface area contributed by atoms with Crippen molar-refractivity contribution in [3.05, 3.63) is 0 Å². The van der Waals surface area contributed by atoms with Crippen LogP contribution in [0.4, 0.5) is 0 Å². The molecule has 0 aromatic carbocycles. The van der Waals surface area contributed by atoms with Crippen molar-refractivity contribution in [3.63, 3.8) is 0 Å². The van der Waals surface area contributed by atoms with Gasteiger partial charge < -0.3 is 9.64 Å². The van der Waals surface area contributed by atoms with E-state index in [1.165, 1.54) is 38.5 Å². The van der Waals surface area contributed by atoms with E-state index >= 15 is 0 Å². The number of esters is 1. The van der Waals surface area contributed by atoms with Crippen LogP contribution >= 0.6 is 0 Å². The number of carbonyl (C=O) groups is 1. The zero-order valence-electron chi connectivity index (χ0n) is 12.8. The van der Waals surface area contributed by atoms with Crippen LogP contribution in [0.25, 0.3) is 0 Å². The Kier molecular flexibility index (Phi) is 8.89. The summed E-state index contributed by atoms with van der Waals surface area (Å²) < 4.78 is 5.13. The molecule has 0 radical (unpaired) electrons. The summed E-state index contributed by atoms with van der Waals surface area (Å²) in [7, 11) is 0. The molecule has 1 saturated heterocycles. The van der Waals surface area contributed by atoms with Crippen LogP contribution in [-0.4, -0.2) is 37.1 Å². The van der Waals surface area contributed by atoms with E-state index < -0.39 is 0 Å². The summed E-state index contributed by atoms with van der Waals surface area (Å²) >= 11 is 0. The first-order valence-corrected chi connectivity index (χ1v) is 8.16. The highest BCUT2D eigenvalue weighted by molar-refractivity contribution is 5.72. The average Bonchev–Trinajstić information content (AvgIpc) is 2.43. The Bertz CT molecular complexity index is 243. The van der Waals surface area contributed by atoms with Gasteiger partial charge in [-0.2, -0.15) is 0 Å². The molecule has 0 N–H and O–H groups in total. The maximum Gasteiger partial charge on any atom is 0.310 e. The third kappa shape index (κ3) is 6.95. The summed E-state index contributed by atoms with van der Waals surface area (Å²) in [5.74, 6) is 0.129.